The highest BCUT2D eigenvalue weighted by Crippen LogP contribution is 2.25. The van der Waals surface area contributed by atoms with E-state index < -0.39 is 0 Å². The molecule has 1 aromatic heterocycles. The summed E-state index contributed by atoms with van der Waals surface area (Å²) in [5.41, 5.74) is 2.77. The van der Waals surface area contributed by atoms with Crippen molar-refractivity contribution >= 4 is 12.3 Å². The van der Waals surface area contributed by atoms with Gasteiger partial charge >= 0.3 is 5.97 Å². The summed E-state index contributed by atoms with van der Waals surface area (Å²) < 4.78 is 6.46. The Hall–Kier alpha value is -2.50. The monoisotopic (exact) mass is 315 g/mol. The lowest BCUT2D eigenvalue weighted by Gasteiger charge is -2.15. The second-order valence-electron chi connectivity index (χ2n) is 5.34. The molecule has 0 aliphatic heterocycles. The van der Waals surface area contributed by atoms with E-state index in [9.17, 15) is 9.59 Å². The zero-order valence-electron chi connectivity index (χ0n) is 13.7. The normalized spacial score (nSPS) is 10.8. The van der Waals surface area contributed by atoms with E-state index in [2.05, 4.69) is 28.9 Å². The van der Waals surface area contributed by atoms with Gasteiger partial charge in [0, 0.05) is 5.92 Å². The fourth-order valence-corrected chi connectivity index (χ4v) is 2.67. The third-order valence-electron chi connectivity index (χ3n) is 3.99. The van der Waals surface area contributed by atoms with Crippen molar-refractivity contribution in [1.82, 2.24) is 15.0 Å². The van der Waals surface area contributed by atoms with Crippen LogP contribution < -0.4 is 0 Å². The van der Waals surface area contributed by atoms with E-state index in [1.807, 2.05) is 12.1 Å². The molecule has 122 valence electrons. The van der Waals surface area contributed by atoms with Gasteiger partial charge in [0.05, 0.1) is 24.9 Å². The van der Waals surface area contributed by atoms with E-state index in [4.69, 9.17) is 0 Å². The van der Waals surface area contributed by atoms with Crippen LogP contribution in [0, 0.1) is 0 Å². The first-order chi connectivity index (χ1) is 11.1. The number of aldehydes is 1. The van der Waals surface area contributed by atoms with Gasteiger partial charge in [0.15, 0.2) is 6.29 Å². The smallest absolute Gasteiger partial charge is 0.337 e. The highest BCUT2D eigenvalue weighted by atomic mass is 16.5. The summed E-state index contributed by atoms with van der Waals surface area (Å²) in [6.07, 6.45) is 2.61. The molecule has 0 N–H and O–H groups in total. The molecule has 0 saturated carbocycles. The molecule has 0 aliphatic carbocycles. The van der Waals surface area contributed by atoms with Crippen LogP contribution in [0.2, 0.25) is 0 Å². The summed E-state index contributed by atoms with van der Waals surface area (Å²) in [5, 5.41) is 8.09. The van der Waals surface area contributed by atoms with Gasteiger partial charge in [0.1, 0.15) is 5.69 Å². The predicted molar refractivity (Wildman–Crippen MR) is 85.6 cm³/mol. The number of esters is 1. The summed E-state index contributed by atoms with van der Waals surface area (Å²) >= 11 is 0. The molecule has 1 heterocycles. The maximum absolute atomic E-state index is 11.5. The Morgan fingerprint density at radius 1 is 1.26 bits per heavy atom. The number of methoxy groups -OCH3 is 1. The largest absolute Gasteiger partial charge is 0.465 e. The van der Waals surface area contributed by atoms with Crippen molar-refractivity contribution in [3.8, 4) is 0 Å². The van der Waals surface area contributed by atoms with Gasteiger partial charge < -0.3 is 4.74 Å². The number of carbonyl (C=O) groups excluding carboxylic acids is 2. The van der Waals surface area contributed by atoms with Crippen molar-refractivity contribution in [2.24, 2.45) is 0 Å². The molecule has 6 heteroatoms. The van der Waals surface area contributed by atoms with Gasteiger partial charge in [-0.15, -0.1) is 5.10 Å². The Labute approximate surface area is 135 Å². The average molecular weight is 315 g/mol. The number of carbonyl (C=O) groups is 2. The van der Waals surface area contributed by atoms with E-state index >= 15 is 0 Å². The fourth-order valence-electron chi connectivity index (χ4n) is 2.67. The van der Waals surface area contributed by atoms with Crippen LogP contribution in [-0.4, -0.2) is 34.4 Å². The summed E-state index contributed by atoms with van der Waals surface area (Å²) in [5.74, 6) is -0.113. The number of hydrogen-bond acceptors (Lipinski definition) is 5. The van der Waals surface area contributed by atoms with Gasteiger partial charge in [-0.25, -0.2) is 9.48 Å². The van der Waals surface area contributed by atoms with Gasteiger partial charge in [0.2, 0.25) is 0 Å². The number of ether oxygens (including phenoxy) is 1. The minimum atomic E-state index is -0.363. The van der Waals surface area contributed by atoms with Gasteiger partial charge in [0.25, 0.3) is 0 Å². The van der Waals surface area contributed by atoms with Crippen molar-refractivity contribution in [1.29, 1.82) is 0 Å². The molecule has 1 aromatic carbocycles. The van der Waals surface area contributed by atoms with Crippen molar-refractivity contribution in [2.75, 3.05) is 7.11 Å². The van der Waals surface area contributed by atoms with Gasteiger partial charge in [-0.05, 0) is 30.5 Å². The predicted octanol–water partition coefficient (Wildman–Crippen LogP) is 2.83. The number of aromatic nitrogens is 3. The molecule has 23 heavy (non-hydrogen) atoms. The first kappa shape index (κ1) is 16.9. The quantitative estimate of drug-likeness (QED) is 0.580. The van der Waals surface area contributed by atoms with Crippen molar-refractivity contribution in [3.05, 3.63) is 46.8 Å². The van der Waals surface area contributed by atoms with Crippen LogP contribution in [0.15, 0.2) is 24.3 Å². The van der Waals surface area contributed by atoms with Crippen molar-refractivity contribution in [3.63, 3.8) is 0 Å². The van der Waals surface area contributed by atoms with Crippen LogP contribution in [0.3, 0.4) is 0 Å². The Morgan fingerprint density at radius 2 is 1.91 bits per heavy atom. The van der Waals surface area contributed by atoms with Crippen LogP contribution in [-0.2, 0) is 11.3 Å². The van der Waals surface area contributed by atoms with Crippen molar-refractivity contribution in [2.45, 2.75) is 39.2 Å². The molecule has 0 amide bonds. The van der Waals surface area contributed by atoms with Crippen molar-refractivity contribution < 1.29 is 14.3 Å². The average Bonchev–Trinajstić information content (AvgIpc) is 2.99. The molecule has 2 aromatic rings. The summed E-state index contributed by atoms with van der Waals surface area (Å²) in [6.45, 7) is 4.69. The Kier molecular flexibility index (Phi) is 5.62. The van der Waals surface area contributed by atoms with E-state index in [1.165, 1.54) is 7.11 Å². The number of nitrogens with zero attached hydrogens (tertiary/aromatic N) is 3. The topological polar surface area (TPSA) is 74.1 Å². The van der Waals surface area contributed by atoms with E-state index in [0.29, 0.717) is 17.8 Å². The lowest BCUT2D eigenvalue weighted by Crippen LogP contribution is -2.11. The van der Waals surface area contributed by atoms with Gasteiger partial charge in [-0.3, -0.25) is 4.79 Å². The third kappa shape index (κ3) is 3.64. The van der Waals surface area contributed by atoms with Gasteiger partial charge in [-0.1, -0.05) is 31.2 Å². The Morgan fingerprint density at radius 3 is 2.43 bits per heavy atom. The van der Waals surface area contributed by atoms with Crippen LogP contribution in [0.25, 0.3) is 0 Å². The van der Waals surface area contributed by atoms with Crippen LogP contribution >= 0.6 is 0 Å². The molecular weight excluding hydrogens is 294 g/mol. The molecule has 0 aliphatic rings. The van der Waals surface area contributed by atoms with E-state index in [0.717, 1.165) is 30.4 Å². The molecule has 0 saturated heterocycles. The molecule has 2 rings (SSSR count). The van der Waals surface area contributed by atoms with Crippen LogP contribution in [0.1, 0.15) is 64.7 Å². The maximum atomic E-state index is 11.5. The molecule has 6 nitrogen and oxygen atoms in total. The zero-order chi connectivity index (χ0) is 16.8. The molecule has 0 atom stereocenters. The van der Waals surface area contributed by atoms with Crippen LogP contribution in [0.5, 0.6) is 0 Å². The second-order valence-corrected chi connectivity index (χ2v) is 5.34. The number of benzene rings is 1. The third-order valence-corrected chi connectivity index (χ3v) is 3.99. The highest BCUT2D eigenvalue weighted by molar-refractivity contribution is 5.89. The summed E-state index contributed by atoms with van der Waals surface area (Å²) in [4.78, 5) is 22.7. The van der Waals surface area contributed by atoms with Gasteiger partial charge in [-0.2, -0.15) is 0 Å². The lowest BCUT2D eigenvalue weighted by atomic mass is 9.97. The molecule has 0 spiro atoms. The molecule has 0 fully saturated rings. The zero-order valence-corrected chi connectivity index (χ0v) is 13.7. The second kappa shape index (κ2) is 7.67. The highest BCUT2D eigenvalue weighted by Gasteiger charge is 2.20. The standard InChI is InChI=1S/C17H21N3O3/c1-4-13(5-2)16-15(11-21)18-19-20(16)10-12-6-8-14(9-7-12)17(22)23-3/h6-9,11,13H,4-5,10H2,1-3H3. The first-order valence-corrected chi connectivity index (χ1v) is 7.70. The molecule has 0 radical (unpaired) electrons. The number of rotatable bonds is 7. The maximum Gasteiger partial charge on any atom is 0.337 e. The Bertz CT molecular complexity index is 673. The molecule has 0 bridgehead atoms. The summed E-state index contributed by atoms with van der Waals surface area (Å²) in [7, 11) is 1.36. The lowest BCUT2D eigenvalue weighted by molar-refractivity contribution is 0.0600. The SMILES string of the molecule is CCC(CC)c1c(C=O)nnn1Cc1ccc(C(=O)OC)cc1. The van der Waals surface area contributed by atoms with E-state index in [1.54, 1.807) is 16.8 Å². The minimum Gasteiger partial charge on any atom is -0.465 e. The Balaban J connectivity index is 2.28. The first-order valence-electron chi connectivity index (χ1n) is 7.70. The fraction of sp³-hybridized carbons (Fsp3) is 0.412. The van der Waals surface area contributed by atoms with E-state index in [-0.39, 0.29) is 11.9 Å². The molecule has 0 unspecified atom stereocenters. The molecular formula is C17H21N3O3. The minimum absolute atomic E-state index is 0.250. The van der Waals surface area contributed by atoms with Crippen LogP contribution in [0.4, 0.5) is 0 Å². The summed E-state index contributed by atoms with van der Waals surface area (Å²) in [6, 6.07) is 7.14. The number of hydrogen-bond donors (Lipinski definition) is 0.